The van der Waals surface area contributed by atoms with Gasteiger partial charge in [-0.1, -0.05) is 12.1 Å². The van der Waals surface area contributed by atoms with Gasteiger partial charge in [0.1, 0.15) is 0 Å². The van der Waals surface area contributed by atoms with E-state index in [0.29, 0.717) is 0 Å². The van der Waals surface area contributed by atoms with E-state index in [2.05, 4.69) is 6.07 Å². The Kier molecular flexibility index (Phi) is 2.49. The van der Waals surface area contributed by atoms with E-state index in [1.54, 1.807) is 4.90 Å². The van der Waals surface area contributed by atoms with Gasteiger partial charge in [0.25, 0.3) is 5.91 Å². The van der Waals surface area contributed by atoms with Crippen LogP contribution < -0.4 is 5.73 Å². The fourth-order valence-corrected chi connectivity index (χ4v) is 1.99. The molecule has 0 saturated carbocycles. The summed E-state index contributed by atoms with van der Waals surface area (Å²) in [5.74, 6) is 0.122. The van der Waals surface area contributed by atoms with Crippen molar-refractivity contribution in [1.29, 1.82) is 0 Å². The minimum atomic E-state index is 0.122. The zero-order valence-corrected chi connectivity index (χ0v) is 9.16. The van der Waals surface area contributed by atoms with Crippen molar-refractivity contribution in [3.63, 3.8) is 0 Å². The van der Waals surface area contributed by atoms with Crippen LogP contribution in [0.5, 0.6) is 0 Å². The van der Waals surface area contributed by atoms with E-state index < -0.39 is 0 Å². The van der Waals surface area contributed by atoms with Gasteiger partial charge in [0.15, 0.2) is 0 Å². The molecule has 2 rings (SSSR count). The third-order valence-electron chi connectivity index (χ3n) is 2.72. The van der Waals surface area contributed by atoms with Gasteiger partial charge in [-0.15, -0.1) is 0 Å². The number of benzene rings is 1. The van der Waals surface area contributed by atoms with Gasteiger partial charge in [0.2, 0.25) is 0 Å². The molecule has 0 aliphatic carbocycles. The molecule has 0 aromatic heterocycles. The molecule has 0 radical (unpaired) electrons. The first-order valence-electron chi connectivity index (χ1n) is 5.21. The molecule has 1 atom stereocenters. The molecule has 1 aliphatic heterocycles. The second-order valence-electron chi connectivity index (χ2n) is 4.33. The Morgan fingerprint density at radius 1 is 1.53 bits per heavy atom. The predicted molar refractivity (Wildman–Crippen MR) is 59.6 cm³/mol. The van der Waals surface area contributed by atoms with Crippen LogP contribution in [0.15, 0.2) is 18.2 Å². The van der Waals surface area contributed by atoms with E-state index in [4.69, 9.17) is 5.73 Å². The smallest absolute Gasteiger partial charge is 0.254 e. The minimum absolute atomic E-state index is 0.122. The highest BCUT2D eigenvalue weighted by atomic mass is 16.2. The van der Waals surface area contributed by atoms with Gasteiger partial charge in [-0.25, -0.2) is 0 Å². The lowest BCUT2D eigenvalue weighted by Gasteiger charge is -2.06. The van der Waals surface area contributed by atoms with Gasteiger partial charge in [-0.05, 0) is 30.5 Å². The number of hydrogen-bond donors (Lipinski definition) is 1. The number of hydrogen-bond acceptors (Lipinski definition) is 2. The fourth-order valence-electron chi connectivity index (χ4n) is 1.99. The molecule has 80 valence electrons. The zero-order valence-electron chi connectivity index (χ0n) is 9.16. The van der Waals surface area contributed by atoms with E-state index in [9.17, 15) is 4.79 Å². The van der Waals surface area contributed by atoms with Crippen molar-refractivity contribution in [1.82, 2.24) is 4.90 Å². The Hall–Kier alpha value is -1.35. The molecule has 15 heavy (non-hydrogen) atoms. The van der Waals surface area contributed by atoms with Crippen molar-refractivity contribution < 1.29 is 4.79 Å². The average molecular weight is 204 g/mol. The van der Waals surface area contributed by atoms with Crippen LogP contribution in [0, 0.1) is 0 Å². The summed E-state index contributed by atoms with van der Waals surface area (Å²) in [6, 6.07) is 6.21. The molecular formula is C12H16N2O. The molecule has 1 aromatic rings. The summed E-state index contributed by atoms with van der Waals surface area (Å²) in [4.78, 5) is 13.5. The molecular weight excluding hydrogens is 188 g/mol. The standard InChI is InChI=1S/C12H16N2O/c1-8(13)5-9-3-4-10-7-14(2)12(15)11(10)6-9/h3-4,6,8H,5,7,13H2,1-2H3. The number of amides is 1. The monoisotopic (exact) mass is 204 g/mol. The van der Waals surface area contributed by atoms with Crippen molar-refractivity contribution in [2.45, 2.75) is 25.9 Å². The fraction of sp³-hybridized carbons (Fsp3) is 0.417. The Balaban J connectivity index is 2.31. The topological polar surface area (TPSA) is 46.3 Å². The number of carbonyl (C=O) groups excluding carboxylic acids is 1. The highest BCUT2D eigenvalue weighted by molar-refractivity contribution is 5.98. The Morgan fingerprint density at radius 2 is 2.27 bits per heavy atom. The number of carbonyl (C=O) groups is 1. The van der Waals surface area contributed by atoms with Crippen LogP contribution >= 0.6 is 0 Å². The molecule has 3 heteroatoms. The van der Waals surface area contributed by atoms with Crippen LogP contribution in [-0.2, 0) is 13.0 Å². The van der Waals surface area contributed by atoms with E-state index in [1.807, 2.05) is 26.1 Å². The summed E-state index contributed by atoms with van der Waals surface area (Å²) in [5.41, 5.74) is 8.85. The lowest BCUT2D eigenvalue weighted by Crippen LogP contribution is -2.19. The van der Waals surface area contributed by atoms with Gasteiger partial charge in [-0.2, -0.15) is 0 Å². The van der Waals surface area contributed by atoms with Gasteiger partial charge in [0.05, 0.1) is 0 Å². The normalized spacial score (nSPS) is 16.7. The summed E-state index contributed by atoms with van der Waals surface area (Å²) in [6.07, 6.45) is 0.824. The average Bonchev–Trinajstić information content (AvgIpc) is 2.43. The lowest BCUT2D eigenvalue weighted by atomic mass is 10.0. The summed E-state index contributed by atoms with van der Waals surface area (Å²) >= 11 is 0. The van der Waals surface area contributed by atoms with Crippen LogP contribution in [0.2, 0.25) is 0 Å². The quantitative estimate of drug-likeness (QED) is 0.785. The van der Waals surface area contributed by atoms with Gasteiger partial charge < -0.3 is 10.6 Å². The third-order valence-corrected chi connectivity index (χ3v) is 2.72. The highest BCUT2D eigenvalue weighted by Gasteiger charge is 2.24. The van der Waals surface area contributed by atoms with Gasteiger partial charge >= 0.3 is 0 Å². The maximum absolute atomic E-state index is 11.7. The van der Waals surface area contributed by atoms with Crippen molar-refractivity contribution in [2.24, 2.45) is 5.73 Å². The predicted octanol–water partition coefficient (Wildman–Crippen LogP) is 1.16. The van der Waals surface area contributed by atoms with E-state index >= 15 is 0 Å². The molecule has 0 spiro atoms. The van der Waals surface area contributed by atoms with E-state index in [1.165, 1.54) is 0 Å². The first-order chi connectivity index (χ1) is 7.08. The van der Waals surface area contributed by atoms with Crippen LogP contribution in [0.4, 0.5) is 0 Å². The number of nitrogens with zero attached hydrogens (tertiary/aromatic N) is 1. The first-order valence-corrected chi connectivity index (χ1v) is 5.21. The Morgan fingerprint density at radius 3 is 2.93 bits per heavy atom. The molecule has 0 bridgehead atoms. The second-order valence-corrected chi connectivity index (χ2v) is 4.33. The van der Waals surface area contributed by atoms with Crippen molar-refractivity contribution in [3.8, 4) is 0 Å². The molecule has 1 aliphatic rings. The SMILES string of the molecule is CC(N)Cc1ccc2c(c1)C(=O)N(C)C2. The third kappa shape index (κ3) is 1.88. The van der Waals surface area contributed by atoms with Crippen LogP contribution in [0.1, 0.15) is 28.4 Å². The van der Waals surface area contributed by atoms with E-state index in [0.717, 1.165) is 29.7 Å². The number of fused-ring (bicyclic) bond motifs is 1. The summed E-state index contributed by atoms with van der Waals surface area (Å²) < 4.78 is 0. The number of rotatable bonds is 2. The Labute approximate surface area is 89.9 Å². The molecule has 3 nitrogen and oxygen atoms in total. The maximum Gasteiger partial charge on any atom is 0.254 e. The van der Waals surface area contributed by atoms with E-state index in [-0.39, 0.29) is 11.9 Å². The molecule has 0 saturated heterocycles. The molecule has 0 fully saturated rings. The summed E-state index contributed by atoms with van der Waals surface area (Å²) in [6.45, 7) is 2.70. The van der Waals surface area contributed by atoms with Gasteiger partial charge in [0, 0.05) is 25.2 Å². The second kappa shape index (κ2) is 3.66. The van der Waals surface area contributed by atoms with Crippen molar-refractivity contribution in [3.05, 3.63) is 34.9 Å². The van der Waals surface area contributed by atoms with Crippen LogP contribution in [0.25, 0.3) is 0 Å². The van der Waals surface area contributed by atoms with Gasteiger partial charge in [-0.3, -0.25) is 4.79 Å². The Bertz CT molecular complexity index is 399. The summed E-state index contributed by atoms with van der Waals surface area (Å²) in [7, 11) is 1.83. The number of nitrogens with two attached hydrogens (primary N) is 1. The highest BCUT2D eigenvalue weighted by Crippen LogP contribution is 2.22. The molecule has 2 N–H and O–H groups in total. The van der Waals surface area contributed by atoms with Crippen LogP contribution in [0.3, 0.4) is 0 Å². The molecule has 1 aromatic carbocycles. The maximum atomic E-state index is 11.7. The molecule has 1 amide bonds. The van der Waals surface area contributed by atoms with Crippen molar-refractivity contribution in [2.75, 3.05) is 7.05 Å². The summed E-state index contributed by atoms with van der Waals surface area (Å²) in [5, 5.41) is 0. The first kappa shape index (κ1) is 10.2. The van der Waals surface area contributed by atoms with Crippen LogP contribution in [-0.4, -0.2) is 23.9 Å². The van der Waals surface area contributed by atoms with Crippen molar-refractivity contribution >= 4 is 5.91 Å². The minimum Gasteiger partial charge on any atom is -0.337 e. The molecule has 1 heterocycles. The zero-order chi connectivity index (χ0) is 11.0. The largest absolute Gasteiger partial charge is 0.337 e. The lowest BCUT2D eigenvalue weighted by molar-refractivity contribution is 0.0816. The molecule has 1 unspecified atom stereocenters.